The van der Waals surface area contributed by atoms with E-state index in [4.69, 9.17) is 5.11 Å². The molecule has 0 radical (unpaired) electrons. The highest BCUT2D eigenvalue weighted by Crippen LogP contribution is 2.24. The van der Waals surface area contributed by atoms with Crippen molar-refractivity contribution in [1.82, 2.24) is 0 Å². The van der Waals surface area contributed by atoms with Gasteiger partial charge < -0.3 is 5.11 Å². The molecule has 8 heteroatoms. The van der Waals surface area contributed by atoms with Crippen molar-refractivity contribution in [3.63, 3.8) is 0 Å². The first-order valence-corrected chi connectivity index (χ1v) is 4.39. The standard InChI is InChI=1S/C9H8FN3O4/c1-5(9(14)15)11-12-7-3-2-6(10)4-8(7)13(16)17/h2-4,12H,1H3,(H,14,15). The number of nitro benzene ring substituents is 1. The van der Waals surface area contributed by atoms with E-state index in [1.165, 1.54) is 6.92 Å². The van der Waals surface area contributed by atoms with Crippen molar-refractivity contribution in [2.75, 3.05) is 5.43 Å². The van der Waals surface area contributed by atoms with E-state index < -0.39 is 22.4 Å². The summed E-state index contributed by atoms with van der Waals surface area (Å²) in [5, 5.41) is 22.5. The lowest BCUT2D eigenvalue weighted by atomic mass is 10.2. The number of nitrogens with zero attached hydrogens (tertiary/aromatic N) is 2. The fourth-order valence-electron chi connectivity index (χ4n) is 0.942. The van der Waals surface area contributed by atoms with Gasteiger partial charge in [-0.15, -0.1) is 0 Å². The third-order valence-electron chi connectivity index (χ3n) is 1.81. The largest absolute Gasteiger partial charge is 0.477 e. The average Bonchev–Trinajstić information content (AvgIpc) is 2.26. The summed E-state index contributed by atoms with van der Waals surface area (Å²) in [7, 11) is 0. The van der Waals surface area contributed by atoms with Gasteiger partial charge in [0.15, 0.2) is 0 Å². The van der Waals surface area contributed by atoms with Crippen LogP contribution in [0.3, 0.4) is 0 Å². The SMILES string of the molecule is CC(=NNc1ccc(F)cc1[N+](=O)[O-])C(=O)O. The maximum absolute atomic E-state index is 12.8. The van der Waals surface area contributed by atoms with E-state index in [9.17, 15) is 19.3 Å². The topological polar surface area (TPSA) is 105 Å². The van der Waals surface area contributed by atoms with Crippen LogP contribution in [-0.2, 0) is 4.79 Å². The molecular weight excluding hydrogens is 233 g/mol. The monoisotopic (exact) mass is 241 g/mol. The number of hydrogen-bond acceptors (Lipinski definition) is 5. The minimum absolute atomic E-state index is 0.0861. The number of carboxylic acids is 1. The summed E-state index contributed by atoms with van der Waals surface area (Å²) in [6.07, 6.45) is 0. The van der Waals surface area contributed by atoms with E-state index in [-0.39, 0.29) is 11.4 Å². The summed E-state index contributed by atoms with van der Waals surface area (Å²) in [4.78, 5) is 20.2. The Morgan fingerprint density at radius 1 is 1.59 bits per heavy atom. The quantitative estimate of drug-likeness (QED) is 0.473. The predicted molar refractivity (Wildman–Crippen MR) is 57.4 cm³/mol. The van der Waals surface area contributed by atoms with Crippen molar-refractivity contribution in [2.45, 2.75) is 6.92 Å². The van der Waals surface area contributed by atoms with Crippen molar-refractivity contribution in [3.05, 3.63) is 34.1 Å². The van der Waals surface area contributed by atoms with Crippen LogP contribution in [0.1, 0.15) is 6.92 Å². The zero-order chi connectivity index (χ0) is 13.0. The minimum atomic E-state index is -1.26. The van der Waals surface area contributed by atoms with E-state index in [0.29, 0.717) is 6.07 Å². The van der Waals surface area contributed by atoms with Crippen molar-refractivity contribution in [1.29, 1.82) is 0 Å². The summed E-state index contributed by atoms with van der Waals surface area (Å²) in [5.74, 6) is -2.02. The van der Waals surface area contributed by atoms with Gasteiger partial charge in [-0.25, -0.2) is 9.18 Å². The number of carbonyl (C=O) groups is 1. The normalized spacial score (nSPS) is 11.1. The summed E-state index contributed by atoms with van der Waals surface area (Å²) >= 11 is 0. The van der Waals surface area contributed by atoms with Crippen LogP contribution in [0, 0.1) is 15.9 Å². The first-order valence-electron chi connectivity index (χ1n) is 4.39. The molecule has 1 aromatic rings. The van der Waals surface area contributed by atoms with Crippen molar-refractivity contribution >= 4 is 23.1 Å². The van der Waals surface area contributed by atoms with E-state index in [0.717, 1.165) is 12.1 Å². The number of benzene rings is 1. The molecule has 17 heavy (non-hydrogen) atoms. The predicted octanol–water partition coefficient (Wildman–Crippen LogP) is 1.61. The van der Waals surface area contributed by atoms with Gasteiger partial charge in [-0.2, -0.15) is 5.10 Å². The Balaban J connectivity index is 3.03. The molecule has 0 aliphatic rings. The van der Waals surface area contributed by atoms with Gasteiger partial charge in [0.2, 0.25) is 0 Å². The molecule has 90 valence electrons. The molecular formula is C9H8FN3O4. The third-order valence-corrected chi connectivity index (χ3v) is 1.81. The average molecular weight is 241 g/mol. The highest BCUT2D eigenvalue weighted by atomic mass is 19.1. The Bertz CT molecular complexity index is 501. The Hall–Kier alpha value is -2.51. The maximum Gasteiger partial charge on any atom is 0.351 e. The Kier molecular flexibility index (Phi) is 3.70. The lowest BCUT2D eigenvalue weighted by Crippen LogP contribution is -2.10. The van der Waals surface area contributed by atoms with Crippen LogP contribution in [0.5, 0.6) is 0 Å². The molecule has 0 bridgehead atoms. The second kappa shape index (κ2) is 5.01. The molecule has 1 aromatic carbocycles. The summed E-state index contributed by atoms with van der Waals surface area (Å²) in [6, 6.07) is 2.82. The minimum Gasteiger partial charge on any atom is -0.477 e. The third kappa shape index (κ3) is 3.23. The molecule has 0 atom stereocenters. The number of hydrogen-bond donors (Lipinski definition) is 2. The second-order valence-electron chi connectivity index (χ2n) is 3.03. The number of aliphatic carboxylic acids is 1. The van der Waals surface area contributed by atoms with Gasteiger partial charge in [0, 0.05) is 0 Å². The number of rotatable bonds is 4. The van der Waals surface area contributed by atoms with Crippen LogP contribution < -0.4 is 5.43 Å². The molecule has 7 nitrogen and oxygen atoms in total. The van der Waals surface area contributed by atoms with Crippen LogP contribution >= 0.6 is 0 Å². The van der Waals surface area contributed by atoms with Crippen LogP contribution in [0.4, 0.5) is 15.8 Å². The number of hydrazone groups is 1. The van der Waals surface area contributed by atoms with Crippen LogP contribution in [-0.4, -0.2) is 21.7 Å². The molecule has 0 aliphatic carbocycles. The van der Waals surface area contributed by atoms with Gasteiger partial charge in [0.1, 0.15) is 17.2 Å². The van der Waals surface area contributed by atoms with Crippen molar-refractivity contribution in [2.24, 2.45) is 5.10 Å². The van der Waals surface area contributed by atoms with Gasteiger partial charge in [-0.1, -0.05) is 0 Å². The molecule has 0 amide bonds. The summed E-state index contributed by atoms with van der Waals surface area (Å²) in [6.45, 7) is 1.21. The Morgan fingerprint density at radius 3 is 2.76 bits per heavy atom. The summed E-state index contributed by atoms with van der Waals surface area (Å²) < 4.78 is 12.8. The molecule has 0 heterocycles. The molecule has 2 N–H and O–H groups in total. The van der Waals surface area contributed by atoms with E-state index >= 15 is 0 Å². The zero-order valence-corrected chi connectivity index (χ0v) is 8.68. The maximum atomic E-state index is 12.8. The highest BCUT2D eigenvalue weighted by Gasteiger charge is 2.14. The number of carboxylic acid groups (broad SMARTS) is 1. The van der Waals surface area contributed by atoms with Gasteiger partial charge in [0.05, 0.1) is 11.0 Å². The zero-order valence-electron chi connectivity index (χ0n) is 8.68. The summed E-state index contributed by atoms with van der Waals surface area (Å²) in [5.41, 5.74) is 1.32. The molecule has 0 aromatic heterocycles. The molecule has 0 unspecified atom stereocenters. The van der Waals surface area contributed by atoms with Gasteiger partial charge in [-0.05, 0) is 19.1 Å². The van der Waals surface area contributed by atoms with E-state index in [2.05, 4.69) is 10.5 Å². The van der Waals surface area contributed by atoms with E-state index in [1.54, 1.807) is 0 Å². The van der Waals surface area contributed by atoms with Crippen LogP contribution in [0.2, 0.25) is 0 Å². The second-order valence-corrected chi connectivity index (χ2v) is 3.03. The number of nitro groups is 1. The van der Waals surface area contributed by atoms with Crippen LogP contribution in [0.25, 0.3) is 0 Å². The Morgan fingerprint density at radius 2 is 2.24 bits per heavy atom. The van der Waals surface area contributed by atoms with E-state index in [1.807, 2.05) is 0 Å². The number of anilines is 1. The first-order chi connectivity index (χ1) is 7.91. The van der Waals surface area contributed by atoms with Gasteiger partial charge >= 0.3 is 5.97 Å². The van der Waals surface area contributed by atoms with Crippen molar-refractivity contribution < 1.29 is 19.2 Å². The van der Waals surface area contributed by atoms with Crippen molar-refractivity contribution in [3.8, 4) is 0 Å². The lowest BCUT2D eigenvalue weighted by molar-refractivity contribution is -0.384. The first kappa shape index (κ1) is 12.6. The molecule has 1 rings (SSSR count). The van der Waals surface area contributed by atoms with Crippen LogP contribution in [0.15, 0.2) is 23.3 Å². The molecule has 0 fully saturated rings. The fraction of sp³-hybridized carbons (Fsp3) is 0.111. The highest BCUT2D eigenvalue weighted by molar-refractivity contribution is 6.34. The number of halogens is 1. The fourth-order valence-corrected chi connectivity index (χ4v) is 0.942. The van der Waals surface area contributed by atoms with Gasteiger partial charge in [0.25, 0.3) is 5.69 Å². The Labute approximate surface area is 94.7 Å². The molecule has 0 saturated carbocycles. The number of nitrogens with one attached hydrogen (secondary N) is 1. The molecule has 0 aliphatic heterocycles. The molecule has 0 saturated heterocycles. The lowest BCUT2D eigenvalue weighted by Gasteiger charge is -2.02. The molecule has 0 spiro atoms. The van der Waals surface area contributed by atoms with Gasteiger partial charge in [-0.3, -0.25) is 15.5 Å². The smallest absolute Gasteiger partial charge is 0.351 e.